The number of nitrogens with zero attached hydrogens (tertiary/aromatic N) is 1. The monoisotopic (exact) mass is 313 g/mol. The maximum absolute atomic E-state index is 13.1. The van der Waals surface area contributed by atoms with Crippen LogP contribution in [-0.2, 0) is 23.0 Å². The van der Waals surface area contributed by atoms with Gasteiger partial charge >= 0.3 is 0 Å². The summed E-state index contributed by atoms with van der Waals surface area (Å²) in [5.74, 6) is -0.587. The van der Waals surface area contributed by atoms with Gasteiger partial charge in [-0.15, -0.1) is 0 Å². The van der Waals surface area contributed by atoms with Crippen LogP contribution in [0, 0.1) is 5.82 Å². The molecule has 0 saturated carbocycles. The molecular weight excluding hydrogens is 301 g/mol. The maximum Gasteiger partial charge on any atom is 0.263 e. The minimum absolute atomic E-state index is 0.108. The highest BCUT2D eigenvalue weighted by Gasteiger charge is 2.20. The van der Waals surface area contributed by atoms with Crippen molar-refractivity contribution in [1.29, 1.82) is 0 Å². The van der Waals surface area contributed by atoms with Crippen LogP contribution in [0.25, 0.3) is 0 Å². The number of benzene rings is 1. The molecule has 2 aromatic rings. The first-order chi connectivity index (χ1) is 9.54. The molecule has 0 bridgehead atoms. The van der Waals surface area contributed by atoms with Gasteiger partial charge in [0.15, 0.2) is 5.13 Å². The van der Waals surface area contributed by atoms with Crippen molar-refractivity contribution in [2.24, 2.45) is 0 Å². The van der Waals surface area contributed by atoms with Gasteiger partial charge in [-0.1, -0.05) is 17.4 Å². The van der Waals surface area contributed by atoms with Crippen LogP contribution >= 0.6 is 11.3 Å². The third kappa shape index (κ3) is 2.67. The molecule has 5 nitrogen and oxygen atoms in total. The van der Waals surface area contributed by atoms with E-state index in [1.54, 1.807) is 0 Å². The van der Waals surface area contributed by atoms with Crippen LogP contribution < -0.4 is 10.0 Å². The van der Waals surface area contributed by atoms with E-state index in [0.717, 1.165) is 29.6 Å². The highest BCUT2D eigenvalue weighted by atomic mass is 32.2. The number of anilines is 1. The molecular formula is C12H12FN3O2S2. The molecule has 8 heteroatoms. The zero-order chi connectivity index (χ0) is 14.2. The normalized spacial score (nSPS) is 14.8. The van der Waals surface area contributed by atoms with E-state index in [-0.39, 0.29) is 4.90 Å². The Labute approximate surface area is 119 Å². The second-order valence-corrected chi connectivity index (χ2v) is 7.14. The van der Waals surface area contributed by atoms with Gasteiger partial charge in [0.25, 0.3) is 10.0 Å². The van der Waals surface area contributed by atoms with Crippen LogP contribution in [-0.4, -0.2) is 19.9 Å². The summed E-state index contributed by atoms with van der Waals surface area (Å²) in [6.45, 7) is 1.54. The molecule has 0 radical (unpaired) electrons. The van der Waals surface area contributed by atoms with E-state index < -0.39 is 15.8 Å². The maximum atomic E-state index is 13.1. The molecule has 1 aromatic carbocycles. The van der Waals surface area contributed by atoms with Crippen LogP contribution in [0.1, 0.15) is 10.6 Å². The van der Waals surface area contributed by atoms with Crippen LogP contribution in [0.15, 0.2) is 29.2 Å². The van der Waals surface area contributed by atoms with E-state index in [0.29, 0.717) is 11.7 Å². The van der Waals surface area contributed by atoms with E-state index in [1.807, 2.05) is 0 Å². The van der Waals surface area contributed by atoms with Gasteiger partial charge < -0.3 is 5.32 Å². The summed E-state index contributed by atoms with van der Waals surface area (Å²) in [6, 6.07) is 4.89. The van der Waals surface area contributed by atoms with Crippen molar-refractivity contribution in [3.8, 4) is 0 Å². The van der Waals surface area contributed by atoms with Crippen LogP contribution in [0.5, 0.6) is 0 Å². The fraction of sp³-hybridized carbons (Fsp3) is 0.250. The molecule has 0 fully saturated rings. The van der Waals surface area contributed by atoms with Crippen LogP contribution in [0.2, 0.25) is 0 Å². The largest absolute Gasteiger partial charge is 0.311 e. The van der Waals surface area contributed by atoms with Crippen molar-refractivity contribution < 1.29 is 12.8 Å². The summed E-state index contributed by atoms with van der Waals surface area (Å²) in [6.07, 6.45) is 0.785. The zero-order valence-corrected chi connectivity index (χ0v) is 12.0. The third-order valence-electron chi connectivity index (χ3n) is 2.93. The summed E-state index contributed by atoms with van der Waals surface area (Å²) in [5, 5.41) is 3.52. The number of nitrogens with one attached hydrogen (secondary N) is 2. The van der Waals surface area contributed by atoms with Crippen LogP contribution in [0.3, 0.4) is 0 Å². The molecule has 0 aliphatic carbocycles. The number of halogens is 1. The number of hydrogen-bond donors (Lipinski definition) is 2. The van der Waals surface area contributed by atoms with E-state index in [4.69, 9.17) is 0 Å². The summed E-state index contributed by atoms with van der Waals surface area (Å²) < 4.78 is 39.8. The quantitative estimate of drug-likeness (QED) is 0.905. The highest BCUT2D eigenvalue weighted by molar-refractivity contribution is 7.93. The first-order valence-electron chi connectivity index (χ1n) is 6.02. The lowest BCUT2D eigenvalue weighted by Crippen LogP contribution is -2.22. The van der Waals surface area contributed by atoms with E-state index in [1.165, 1.54) is 29.5 Å². The Bertz CT molecular complexity index is 719. The molecule has 2 N–H and O–H groups in total. The van der Waals surface area contributed by atoms with Crippen molar-refractivity contribution in [2.45, 2.75) is 17.9 Å². The molecule has 106 valence electrons. The summed E-state index contributed by atoms with van der Waals surface area (Å²) >= 11 is 1.30. The second kappa shape index (κ2) is 5.12. The van der Waals surface area contributed by atoms with Gasteiger partial charge in [0.1, 0.15) is 5.82 Å². The topological polar surface area (TPSA) is 71.1 Å². The first kappa shape index (κ1) is 13.5. The Morgan fingerprint density at radius 2 is 2.25 bits per heavy atom. The predicted molar refractivity (Wildman–Crippen MR) is 74.7 cm³/mol. The Morgan fingerprint density at radius 1 is 1.40 bits per heavy atom. The average molecular weight is 313 g/mol. The van der Waals surface area contributed by atoms with Gasteiger partial charge in [-0.05, 0) is 18.2 Å². The second-order valence-electron chi connectivity index (χ2n) is 4.38. The highest BCUT2D eigenvalue weighted by Crippen LogP contribution is 2.27. The van der Waals surface area contributed by atoms with E-state index >= 15 is 0 Å². The number of hydrogen-bond acceptors (Lipinski definition) is 5. The molecule has 0 saturated heterocycles. The number of rotatable bonds is 3. The molecule has 1 aliphatic rings. The third-order valence-corrected chi connectivity index (χ3v) is 5.41. The number of aromatic nitrogens is 1. The summed E-state index contributed by atoms with van der Waals surface area (Å²) in [7, 11) is -3.80. The van der Waals surface area contributed by atoms with E-state index in [9.17, 15) is 12.8 Å². The van der Waals surface area contributed by atoms with Crippen molar-refractivity contribution >= 4 is 26.5 Å². The lowest BCUT2D eigenvalue weighted by atomic mass is 10.2. The Hall–Kier alpha value is -1.51. The van der Waals surface area contributed by atoms with Gasteiger partial charge in [-0.3, -0.25) is 4.72 Å². The van der Waals surface area contributed by atoms with Gasteiger partial charge in [-0.25, -0.2) is 17.8 Å². The number of sulfonamides is 1. The van der Waals surface area contributed by atoms with Crippen molar-refractivity contribution in [2.75, 3.05) is 11.3 Å². The fourth-order valence-corrected chi connectivity index (χ4v) is 4.22. The molecule has 2 heterocycles. The molecule has 1 aromatic heterocycles. The summed E-state index contributed by atoms with van der Waals surface area (Å²) in [4.78, 5) is 5.21. The lowest BCUT2D eigenvalue weighted by Gasteiger charge is -2.09. The zero-order valence-electron chi connectivity index (χ0n) is 10.4. The first-order valence-corrected chi connectivity index (χ1v) is 8.32. The average Bonchev–Trinajstić information content (AvgIpc) is 2.80. The fourth-order valence-electron chi connectivity index (χ4n) is 1.98. The van der Waals surface area contributed by atoms with Gasteiger partial charge in [-0.2, -0.15) is 0 Å². The van der Waals surface area contributed by atoms with Crippen molar-refractivity contribution in [3.63, 3.8) is 0 Å². The smallest absolute Gasteiger partial charge is 0.263 e. The van der Waals surface area contributed by atoms with Gasteiger partial charge in [0, 0.05) is 24.4 Å². The molecule has 0 atom stereocenters. The minimum Gasteiger partial charge on any atom is -0.311 e. The molecule has 20 heavy (non-hydrogen) atoms. The van der Waals surface area contributed by atoms with E-state index in [2.05, 4.69) is 15.0 Å². The lowest BCUT2D eigenvalue weighted by molar-refractivity contribution is 0.595. The Balaban J connectivity index is 1.88. The predicted octanol–water partition coefficient (Wildman–Crippen LogP) is 1.73. The molecule has 1 aliphatic heterocycles. The van der Waals surface area contributed by atoms with Crippen molar-refractivity contribution in [3.05, 3.63) is 40.7 Å². The Kier molecular flexibility index (Phi) is 3.45. The SMILES string of the molecule is O=S(=O)(Nc1nc2c(s1)CNCC2)c1cccc(F)c1. The van der Waals surface area contributed by atoms with Crippen molar-refractivity contribution in [1.82, 2.24) is 10.3 Å². The standard InChI is InChI=1S/C12H12FN3O2S2/c13-8-2-1-3-9(6-8)20(17,18)16-12-15-10-4-5-14-7-11(10)19-12/h1-3,6,14H,4-5,7H2,(H,15,16). The molecule has 0 unspecified atom stereocenters. The number of thiazole rings is 1. The van der Waals surface area contributed by atoms with Crippen LogP contribution in [0.4, 0.5) is 9.52 Å². The Morgan fingerprint density at radius 3 is 3.00 bits per heavy atom. The molecule has 0 spiro atoms. The van der Waals surface area contributed by atoms with Gasteiger partial charge in [0.2, 0.25) is 0 Å². The molecule has 3 rings (SSSR count). The van der Waals surface area contributed by atoms with Gasteiger partial charge in [0.05, 0.1) is 10.6 Å². The summed E-state index contributed by atoms with van der Waals surface area (Å²) in [5.41, 5.74) is 0.922. The number of fused-ring (bicyclic) bond motifs is 1. The minimum atomic E-state index is -3.80. The molecule has 0 amide bonds.